The molecule has 4 heteroatoms. The molecule has 0 spiro atoms. The van der Waals surface area contributed by atoms with Gasteiger partial charge in [0.1, 0.15) is 0 Å². The van der Waals surface area contributed by atoms with Crippen LogP contribution in [-0.2, 0) is 22.4 Å². The molecule has 1 atom stereocenters. The highest BCUT2D eigenvalue weighted by molar-refractivity contribution is 5.69. The van der Waals surface area contributed by atoms with Crippen LogP contribution in [0, 0.1) is 5.82 Å². The fraction of sp³-hybridized carbons (Fsp3) is 0.500. The van der Waals surface area contributed by atoms with Crippen LogP contribution in [0.15, 0.2) is 12.1 Å². The minimum absolute atomic E-state index is 0.142. The Kier molecular flexibility index (Phi) is 5.00. The van der Waals surface area contributed by atoms with Crippen LogP contribution in [0.4, 0.5) is 4.39 Å². The van der Waals surface area contributed by atoms with Crippen molar-refractivity contribution >= 4 is 5.97 Å². The zero-order chi connectivity index (χ0) is 14.4. The monoisotopic (exact) mass is 255 g/mol. The molecule has 1 rings (SSSR count). The van der Waals surface area contributed by atoms with E-state index in [2.05, 4.69) is 0 Å². The molecule has 0 amide bonds. The normalized spacial score (nSPS) is 12.8. The molecule has 0 fully saturated rings. The molecule has 0 bridgehead atoms. The molecule has 0 N–H and O–H groups in total. The van der Waals surface area contributed by atoms with Crippen molar-refractivity contribution in [2.45, 2.75) is 33.1 Å². The average Bonchev–Trinajstić information content (AvgIpc) is 2.39. The smallest absolute Gasteiger partial charge is 0.306 e. The third-order valence-corrected chi connectivity index (χ3v) is 2.65. The van der Waals surface area contributed by atoms with E-state index in [-0.39, 0.29) is 18.8 Å². The van der Waals surface area contributed by atoms with Crippen LogP contribution in [-0.4, -0.2) is 19.7 Å². The molecule has 0 aliphatic carbocycles. The van der Waals surface area contributed by atoms with Gasteiger partial charge in [-0.15, -0.1) is 0 Å². The number of carbonyl (C=O) groups is 1. The van der Waals surface area contributed by atoms with E-state index in [1.807, 2.05) is 6.92 Å². The van der Waals surface area contributed by atoms with E-state index in [9.17, 15) is 9.18 Å². The summed E-state index contributed by atoms with van der Waals surface area (Å²) in [5.41, 5.74) is 1.13. The third-order valence-electron chi connectivity index (χ3n) is 2.65. The molecule has 3 nitrogen and oxygen atoms in total. The number of hydrogen-bond acceptors (Lipinski definition) is 3. The maximum absolute atomic E-state index is 14.0. The van der Waals surface area contributed by atoms with Crippen LogP contribution in [0.5, 0.6) is 5.75 Å². The first kappa shape index (κ1) is 12.9. The number of carbonyl (C=O) groups excluding carboxylic acids is 1. The Morgan fingerprint density at radius 1 is 1.44 bits per heavy atom. The lowest BCUT2D eigenvalue weighted by Gasteiger charge is -2.11. The van der Waals surface area contributed by atoms with E-state index < -0.39 is 18.2 Å². The first-order chi connectivity index (χ1) is 9.04. The lowest BCUT2D eigenvalue weighted by atomic mass is 10.00. The molecule has 0 saturated carbocycles. The number of benzene rings is 1. The quantitative estimate of drug-likeness (QED) is 0.733. The van der Waals surface area contributed by atoms with Crippen LogP contribution in [0.25, 0.3) is 0 Å². The minimum Gasteiger partial charge on any atom is -0.494 e. The van der Waals surface area contributed by atoms with Crippen LogP contribution in [0.1, 0.15) is 32.7 Å². The van der Waals surface area contributed by atoms with Crippen molar-refractivity contribution < 1.29 is 20.0 Å². The molecule has 0 radical (unpaired) electrons. The number of esters is 1. The van der Waals surface area contributed by atoms with E-state index in [1.165, 1.54) is 13.2 Å². The largest absolute Gasteiger partial charge is 0.494 e. The van der Waals surface area contributed by atoms with E-state index >= 15 is 0 Å². The van der Waals surface area contributed by atoms with Gasteiger partial charge in [-0.2, -0.15) is 0 Å². The van der Waals surface area contributed by atoms with Crippen molar-refractivity contribution in [3.63, 3.8) is 0 Å². The van der Waals surface area contributed by atoms with Crippen LogP contribution >= 0.6 is 0 Å². The minimum atomic E-state index is -1.03. The molecule has 1 aromatic carbocycles. The van der Waals surface area contributed by atoms with Crippen molar-refractivity contribution in [1.29, 1.82) is 0 Å². The Balaban J connectivity index is 2.95. The first-order valence-electron chi connectivity index (χ1n) is 6.55. The highest BCUT2D eigenvalue weighted by Crippen LogP contribution is 2.25. The molecule has 0 aliphatic heterocycles. The summed E-state index contributed by atoms with van der Waals surface area (Å²) in [4.78, 5) is 11.4. The molecule has 0 aliphatic rings. The van der Waals surface area contributed by atoms with Gasteiger partial charge in [-0.3, -0.25) is 4.79 Å². The summed E-state index contributed by atoms with van der Waals surface area (Å²) in [6.07, 6.45) is -0.408. The van der Waals surface area contributed by atoms with Gasteiger partial charge in [-0.05, 0) is 37.0 Å². The summed E-state index contributed by atoms with van der Waals surface area (Å²) in [6.45, 7) is 3.76. The van der Waals surface area contributed by atoms with Crippen LogP contribution in [0.2, 0.25) is 0 Å². The van der Waals surface area contributed by atoms with Gasteiger partial charge in [0.05, 0.1) is 13.7 Å². The summed E-state index contributed by atoms with van der Waals surface area (Å²) >= 11 is 0. The summed E-state index contributed by atoms with van der Waals surface area (Å²) < 4.78 is 31.5. The predicted molar refractivity (Wildman–Crippen MR) is 67.3 cm³/mol. The molecular weight excluding hydrogens is 235 g/mol. The molecule has 0 saturated heterocycles. The van der Waals surface area contributed by atoms with Gasteiger partial charge in [-0.1, -0.05) is 13.0 Å². The van der Waals surface area contributed by atoms with E-state index in [4.69, 9.17) is 10.8 Å². The standard InChI is InChI=1S/C14H19FO3/c1-4-11-10(7-9-13(16)18-5-2)6-8-12(17-3)14(11)15/h6,8H,4-5,7,9H2,1-3H3/i9D. The van der Waals surface area contributed by atoms with Gasteiger partial charge in [0.2, 0.25) is 0 Å². The van der Waals surface area contributed by atoms with Gasteiger partial charge in [0, 0.05) is 7.77 Å². The summed E-state index contributed by atoms with van der Waals surface area (Å²) in [5, 5.41) is 0. The highest BCUT2D eigenvalue weighted by atomic mass is 19.1. The second kappa shape index (κ2) is 6.99. The van der Waals surface area contributed by atoms with Crippen molar-refractivity contribution in [2.24, 2.45) is 0 Å². The predicted octanol–water partition coefficient (Wildman–Crippen LogP) is 2.89. The number of rotatable bonds is 6. The van der Waals surface area contributed by atoms with Crippen LogP contribution < -0.4 is 4.74 Å². The topological polar surface area (TPSA) is 35.5 Å². The Labute approximate surface area is 108 Å². The SMILES string of the molecule is [2H]C(Cc1ccc(OC)c(F)c1CC)C(=O)OCC. The molecule has 18 heavy (non-hydrogen) atoms. The maximum Gasteiger partial charge on any atom is 0.306 e. The van der Waals surface area contributed by atoms with Gasteiger partial charge in [0.25, 0.3) is 0 Å². The maximum atomic E-state index is 14.0. The lowest BCUT2D eigenvalue weighted by Crippen LogP contribution is -2.07. The Morgan fingerprint density at radius 3 is 2.72 bits per heavy atom. The second-order valence-electron chi connectivity index (χ2n) is 3.73. The van der Waals surface area contributed by atoms with Crippen molar-refractivity contribution in [3.05, 3.63) is 29.1 Å². The first-order valence-corrected chi connectivity index (χ1v) is 5.98. The van der Waals surface area contributed by atoms with Crippen molar-refractivity contribution in [3.8, 4) is 5.75 Å². The fourth-order valence-corrected chi connectivity index (χ4v) is 1.77. The summed E-state index contributed by atoms with van der Waals surface area (Å²) in [5.74, 6) is -0.822. The summed E-state index contributed by atoms with van der Waals surface area (Å²) in [6, 6.07) is 3.21. The zero-order valence-corrected chi connectivity index (χ0v) is 11.0. The summed E-state index contributed by atoms with van der Waals surface area (Å²) in [7, 11) is 1.41. The number of methoxy groups -OCH3 is 1. The molecular formula is C14H19FO3. The number of aryl methyl sites for hydroxylation is 1. The second-order valence-corrected chi connectivity index (χ2v) is 3.73. The van der Waals surface area contributed by atoms with Gasteiger partial charge in [-0.25, -0.2) is 4.39 Å². The lowest BCUT2D eigenvalue weighted by molar-refractivity contribution is -0.143. The number of ether oxygens (including phenoxy) is 2. The number of halogens is 1. The van der Waals surface area contributed by atoms with Crippen LogP contribution in [0.3, 0.4) is 0 Å². The van der Waals surface area contributed by atoms with E-state index in [0.29, 0.717) is 17.5 Å². The van der Waals surface area contributed by atoms with Gasteiger partial charge >= 0.3 is 5.97 Å². The molecule has 1 unspecified atom stereocenters. The zero-order valence-electron chi connectivity index (χ0n) is 12.0. The fourth-order valence-electron chi connectivity index (χ4n) is 1.77. The molecule has 0 aromatic heterocycles. The van der Waals surface area contributed by atoms with Gasteiger partial charge in [0.15, 0.2) is 11.6 Å². The molecule has 1 aromatic rings. The number of hydrogen-bond donors (Lipinski definition) is 0. The highest BCUT2D eigenvalue weighted by Gasteiger charge is 2.13. The van der Waals surface area contributed by atoms with E-state index in [1.54, 1.807) is 13.0 Å². The Bertz CT molecular complexity index is 449. The molecule has 100 valence electrons. The Hall–Kier alpha value is -1.58. The van der Waals surface area contributed by atoms with Crippen molar-refractivity contribution in [2.75, 3.05) is 13.7 Å². The van der Waals surface area contributed by atoms with E-state index in [0.717, 1.165) is 0 Å². The average molecular weight is 255 g/mol. The van der Waals surface area contributed by atoms with Gasteiger partial charge < -0.3 is 9.47 Å². The Morgan fingerprint density at radius 2 is 2.17 bits per heavy atom. The third kappa shape index (κ3) is 3.45. The molecule has 0 heterocycles. The van der Waals surface area contributed by atoms with Crippen molar-refractivity contribution in [1.82, 2.24) is 0 Å².